The molecule has 2 rings (SSSR count). The maximum absolute atomic E-state index is 5.72. The standard InChI is InChI=1S/C19H25NO/c1-13(2)21-17-9-10-19(16(5)11-17)20-12-18-14(3)7-6-8-15(18)4/h6-11,13,20H,12H2,1-5H3. The van der Waals surface area contributed by atoms with E-state index in [9.17, 15) is 0 Å². The maximum atomic E-state index is 5.72. The Hall–Kier alpha value is -1.96. The van der Waals surface area contributed by atoms with E-state index in [1.165, 1.54) is 22.3 Å². The molecule has 112 valence electrons. The first-order chi connectivity index (χ1) is 9.97. The summed E-state index contributed by atoms with van der Waals surface area (Å²) in [6.45, 7) is 11.4. The molecule has 0 aliphatic heterocycles. The van der Waals surface area contributed by atoms with Crippen LogP contribution in [0.4, 0.5) is 5.69 Å². The van der Waals surface area contributed by atoms with Gasteiger partial charge < -0.3 is 10.1 Å². The van der Waals surface area contributed by atoms with Crippen LogP contribution in [0.5, 0.6) is 5.75 Å². The maximum Gasteiger partial charge on any atom is 0.120 e. The van der Waals surface area contributed by atoms with Gasteiger partial charge in [0.05, 0.1) is 6.10 Å². The van der Waals surface area contributed by atoms with E-state index in [2.05, 4.69) is 56.4 Å². The SMILES string of the molecule is Cc1cc(OC(C)C)ccc1NCc1c(C)cccc1C. The predicted octanol–water partition coefficient (Wildman–Crippen LogP) is 5.01. The van der Waals surface area contributed by atoms with E-state index in [0.29, 0.717) is 0 Å². The Bertz CT molecular complexity index is 597. The van der Waals surface area contributed by atoms with E-state index in [1.807, 2.05) is 19.9 Å². The van der Waals surface area contributed by atoms with Gasteiger partial charge in [0.2, 0.25) is 0 Å². The highest BCUT2D eigenvalue weighted by atomic mass is 16.5. The molecule has 2 aromatic rings. The van der Waals surface area contributed by atoms with E-state index >= 15 is 0 Å². The molecule has 0 aliphatic rings. The number of anilines is 1. The second kappa shape index (κ2) is 6.66. The molecule has 0 amide bonds. The second-order valence-corrected chi connectivity index (χ2v) is 5.87. The average molecular weight is 283 g/mol. The van der Waals surface area contributed by atoms with Gasteiger partial charge >= 0.3 is 0 Å². The van der Waals surface area contributed by atoms with Crippen LogP contribution >= 0.6 is 0 Å². The van der Waals surface area contributed by atoms with Gasteiger partial charge in [-0.15, -0.1) is 0 Å². The van der Waals surface area contributed by atoms with Crippen molar-refractivity contribution in [3.63, 3.8) is 0 Å². The molecule has 0 fully saturated rings. The largest absolute Gasteiger partial charge is 0.491 e. The molecular formula is C19H25NO. The first-order valence-corrected chi connectivity index (χ1v) is 7.53. The molecule has 0 bridgehead atoms. The summed E-state index contributed by atoms with van der Waals surface area (Å²) in [7, 11) is 0. The van der Waals surface area contributed by atoms with E-state index in [0.717, 1.165) is 18.0 Å². The Balaban J connectivity index is 2.10. The zero-order chi connectivity index (χ0) is 15.4. The first kappa shape index (κ1) is 15.4. The minimum absolute atomic E-state index is 0.206. The summed E-state index contributed by atoms with van der Waals surface area (Å²) < 4.78 is 5.72. The fraction of sp³-hybridized carbons (Fsp3) is 0.368. The Morgan fingerprint density at radius 1 is 0.952 bits per heavy atom. The lowest BCUT2D eigenvalue weighted by Crippen LogP contribution is -2.07. The fourth-order valence-electron chi connectivity index (χ4n) is 2.49. The van der Waals surface area contributed by atoms with Gasteiger partial charge in [0.15, 0.2) is 0 Å². The van der Waals surface area contributed by atoms with Gasteiger partial charge in [0.1, 0.15) is 5.75 Å². The minimum atomic E-state index is 0.206. The highest BCUT2D eigenvalue weighted by molar-refractivity contribution is 5.54. The molecule has 0 unspecified atom stereocenters. The van der Waals surface area contributed by atoms with Crippen LogP contribution < -0.4 is 10.1 Å². The topological polar surface area (TPSA) is 21.3 Å². The number of nitrogens with one attached hydrogen (secondary N) is 1. The zero-order valence-corrected chi connectivity index (χ0v) is 13.7. The van der Waals surface area contributed by atoms with Gasteiger partial charge in [-0.25, -0.2) is 0 Å². The van der Waals surface area contributed by atoms with Gasteiger partial charge in [-0.05, 0) is 75.1 Å². The van der Waals surface area contributed by atoms with Crippen molar-refractivity contribution in [2.75, 3.05) is 5.32 Å². The average Bonchev–Trinajstić information content (AvgIpc) is 2.39. The van der Waals surface area contributed by atoms with Gasteiger partial charge in [-0.2, -0.15) is 0 Å². The predicted molar refractivity (Wildman–Crippen MR) is 90.2 cm³/mol. The number of hydrogen-bond donors (Lipinski definition) is 1. The fourth-order valence-corrected chi connectivity index (χ4v) is 2.49. The molecule has 0 saturated heterocycles. The van der Waals surface area contributed by atoms with Gasteiger partial charge in [-0.1, -0.05) is 18.2 Å². The molecule has 0 radical (unpaired) electrons. The number of benzene rings is 2. The lowest BCUT2D eigenvalue weighted by atomic mass is 10.0. The summed E-state index contributed by atoms with van der Waals surface area (Å²) in [6.07, 6.45) is 0.206. The molecule has 0 saturated carbocycles. The van der Waals surface area contributed by atoms with Crippen LogP contribution in [0.15, 0.2) is 36.4 Å². The van der Waals surface area contributed by atoms with Crippen LogP contribution in [0.2, 0.25) is 0 Å². The molecule has 0 atom stereocenters. The molecule has 0 heterocycles. The van der Waals surface area contributed by atoms with Crippen molar-refractivity contribution in [2.24, 2.45) is 0 Å². The summed E-state index contributed by atoms with van der Waals surface area (Å²) in [5.41, 5.74) is 6.41. The van der Waals surface area contributed by atoms with Crippen LogP contribution in [-0.4, -0.2) is 6.10 Å². The normalized spacial score (nSPS) is 10.8. The van der Waals surface area contributed by atoms with Crippen molar-refractivity contribution in [3.8, 4) is 5.75 Å². The molecule has 1 N–H and O–H groups in total. The van der Waals surface area contributed by atoms with Gasteiger partial charge in [0.25, 0.3) is 0 Å². The molecule has 0 aromatic heterocycles. The summed E-state index contributed by atoms with van der Waals surface area (Å²) >= 11 is 0. The van der Waals surface area contributed by atoms with Crippen LogP contribution in [0.3, 0.4) is 0 Å². The molecule has 21 heavy (non-hydrogen) atoms. The van der Waals surface area contributed by atoms with Crippen molar-refractivity contribution in [2.45, 2.75) is 47.3 Å². The smallest absolute Gasteiger partial charge is 0.120 e. The molecule has 2 heteroatoms. The van der Waals surface area contributed by atoms with Crippen LogP contribution in [0.25, 0.3) is 0 Å². The number of hydrogen-bond acceptors (Lipinski definition) is 2. The van der Waals surface area contributed by atoms with Crippen molar-refractivity contribution in [1.29, 1.82) is 0 Å². The second-order valence-electron chi connectivity index (χ2n) is 5.87. The van der Waals surface area contributed by atoms with Crippen molar-refractivity contribution in [3.05, 3.63) is 58.7 Å². The van der Waals surface area contributed by atoms with Crippen molar-refractivity contribution < 1.29 is 4.74 Å². The third-order valence-electron chi connectivity index (χ3n) is 3.67. The summed E-state index contributed by atoms with van der Waals surface area (Å²) in [4.78, 5) is 0. The molecule has 2 aromatic carbocycles. The lowest BCUT2D eigenvalue weighted by Gasteiger charge is -2.15. The summed E-state index contributed by atoms with van der Waals surface area (Å²) in [5, 5.41) is 3.54. The Kier molecular flexibility index (Phi) is 4.89. The van der Waals surface area contributed by atoms with Crippen LogP contribution in [0.1, 0.15) is 36.1 Å². The van der Waals surface area contributed by atoms with E-state index in [-0.39, 0.29) is 6.10 Å². The zero-order valence-electron chi connectivity index (χ0n) is 13.7. The molecular weight excluding hydrogens is 258 g/mol. The molecule has 0 spiro atoms. The number of rotatable bonds is 5. The summed E-state index contributed by atoms with van der Waals surface area (Å²) in [6, 6.07) is 12.7. The van der Waals surface area contributed by atoms with Crippen LogP contribution in [-0.2, 0) is 6.54 Å². The quantitative estimate of drug-likeness (QED) is 0.832. The minimum Gasteiger partial charge on any atom is -0.491 e. The van der Waals surface area contributed by atoms with E-state index < -0.39 is 0 Å². The Labute approximate surface area is 128 Å². The molecule has 2 nitrogen and oxygen atoms in total. The molecule has 0 aliphatic carbocycles. The number of aryl methyl sites for hydroxylation is 3. The lowest BCUT2D eigenvalue weighted by molar-refractivity contribution is 0.242. The first-order valence-electron chi connectivity index (χ1n) is 7.53. The Morgan fingerprint density at radius 3 is 2.19 bits per heavy atom. The highest BCUT2D eigenvalue weighted by Crippen LogP contribution is 2.23. The number of ether oxygens (including phenoxy) is 1. The monoisotopic (exact) mass is 283 g/mol. The highest BCUT2D eigenvalue weighted by Gasteiger charge is 2.05. The van der Waals surface area contributed by atoms with Crippen LogP contribution in [0, 0.1) is 20.8 Å². The third-order valence-corrected chi connectivity index (χ3v) is 3.67. The Morgan fingerprint density at radius 2 is 1.62 bits per heavy atom. The van der Waals surface area contributed by atoms with E-state index in [1.54, 1.807) is 0 Å². The van der Waals surface area contributed by atoms with E-state index in [4.69, 9.17) is 4.74 Å². The third kappa shape index (κ3) is 4.01. The van der Waals surface area contributed by atoms with Gasteiger partial charge in [0, 0.05) is 12.2 Å². The van der Waals surface area contributed by atoms with Gasteiger partial charge in [-0.3, -0.25) is 0 Å². The van der Waals surface area contributed by atoms with Crippen molar-refractivity contribution in [1.82, 2.24) is 0 Å². The summed E-state index contributed by atoms with van der Waals surface area (Å²) in [5.74, 6) is 0.931. The van der Waals surface area contributed by atoms with Crippen molar-refractivity contribution >= 4 is 5.69 Å².